The van der Waals surface area contributed by atoms with E-state index in [4.69, 9.17) is 0 Å². The molecule has 2 aromatic rings. The van der Waals surface area contributed by atoms with E-state index >= 15 is 0 Å². The van der Waals surface area contributed by atoms with Crippen LogP contribution in [-0.4, -0.2) is 42.0 Å². The smallest absolute Gasteiger partial charge is 0.251 e. The lowest BCUT2D eigenvalue weighted by Crippen LogP contribution is -2.38. The second-order valence-corrected chi connectivity index (χ2v) is 5.93. The zero-order valence-electron chi connectivity index (χ0n) is 15.8. The molecule has 26 heavy (non-hydrogen) atoms. The summed E-state index contributed by atoms with van der Waals surface area (Å²) >= 11 is 0. The molecule has 6 nitrogen and oxygen atoms in total. The fraction of sp³-hybridized carbons (Fsp3) is 0.368. The number of carbonyl (C=O) groups is 1. The number of rotatable bonds is 6. The SMILES string of the molecule is CCNC(=O)c1cccc(CNC(=NC)N(C)Cc2cccn2C)c1.I. The molecular formula is C19H28IN5O. The highest BCUT2D eigenvalue weighted by atomic mass is 127. The maximum Gasteiger partial charge on any atom is 0.251 e. The van der Waals surface area contributed by atoms with Gasteiger partial charge in [-0.3, -0.25) is 9.79 Å². The molecule has 0 fully saturated rings. The minimum absolute atomic E-state index is 0. The van der Waals surface area contributed by atoms with Gasteiger partial charge in [0, 0.05) is 51.7 Å². The molecule has 1 aromatic heterocycles. The lowest BCUT2D eigenvalue weighted by atomic mass is 10.1. The van der Waals surface area contributed by atoms with Crippen LogP contribution in [0.2, 0.25) is 0 Å². The first kappa shape index (κ1) is 22.0. The van der Waals surface area contributed by atoms with Gasteiger partial charge in [0.05, 0.1) is 6.54 Å². The molecular weight excluding hydrogens is 441 g/mol. The summed E-state index contributed by atoms with van der Waals surface area (Å²) in [6.07, 6.45) is 2.03. The molecule has 2 N–H and O–H groups in total. The maximum absolute atomic E-state index is 11.9. The van der Waals surface area contributed by atoms with Gasteiger partial charge in [-0.2, -0.15) is 0 Å². The largest absolute Gasteiger partial charge is 0.353 e. The average molecular weight is 469 g/mol. The topological polar surface area (TPSA) is 61.7 Å². The Balaban J connectivity index is 0.00000338. The number of aryl methyl sites for hydroxylation is 1. The molecule has 0 aliphatic carbocycles. The van der Waals surface area contributed by atoms with Gasteiger partial charge in [-0.1, -0.05) is 12.1 Å². The Morgan fingerprint density at radius 2 is 2.00 bits per heavy atom. The van der Waals surface area contributed by atoms with Crippen LogP contribution in [0.15, 0.2) is 47.6 Å². The molecule has 0 bridgehead atoms. The lowest BCUT2D eigenvalue weighted by molar-refractivity contribution is 0.0955. The highest BCUT2D eigenvalue weighted by molar-refractivity contribution is 14.0. The highest BCUT2D eigenvalue weighted by Gasteiger charge is 2.09. The summed E-state index contributed by atoms with van der Waals surface area (Å²) in [5.41, 5.74) is 2.93. The Kier molecular flexibility index (Phi) is 9.18. The predicted molar refractivity (Wildman–Crippen MR) is 117 cm³/mol. The van der Waals surface area contributed by atoms with Gasteiger partial charge >= 0.3 is 0 Å². The summed E-state index contributed by atoms with van der Waals surface area (Å²) in [7, 11) is 5.81. The van der Waals surface area contributed by atoms with Crippen molar-refractivity contribution in [2.75, 3.05) is 20.6 Å². The summed E-state index contributed by atoms with van der Waals surface area (Å²) in [6.45, 7) is 3.91. The zero-order chi connectivity index (χ0) is 18.2. The van der Waals surface area contributed by atoms with Crippen LogP contribution in [0.25, 0.3) is 0 Å². The van der Waals surface area contributed by atoms with Gasteiger partial charge in [-0.25, -0.2) is 0 Å². The summed E-state index contributed by atoms with van der Waals surface area (Å²) in [5, 5.41) is 6.17. The number of guanidine groups is 1. The van der Waals surface area contributed by atoms with Gasteiger partial charge in [-0.05, 0) is 36.8 Å². The second-order valence-electron chi connectivity index (χ2n) is 5.93. The van der Waals surface area contributed by atoms with Crippen molar-refractivity contribution >= 4 is 35.8 Å². The van der Waals surface area contributed by atoms with Crippen LogP contribution < -0.4 is 10.6 Å². The third kappa shape index (κ3) is 6.05. The van der Waals surface area contributed by atoms with E-state index in [1.54, 1.807) is 7.05 Å². The van der Waals surface area contributed by atoms with Crippen LogP contribution in [0, 0.1) is 0 Å². The fourth-order valence-corrected chi connectivity index (χ4v) is 2.63. The number of hydrogen-bond acceptors (Lipinski definition) is 2. The van der Waals surface area contributed by atoms with E-state index in [0.29, 0.717) is 18.7 Å². The highest BCUT2D eigenvalue weighted by Crippen LogP contribution is 2.07. The van der Waals surface area contributed by atoms with E-state index in [-0.39, 0.29) is 29.9 Å². The Bertz CT molecular complexity index is 741. The van der Waals surface area contributed by atoms with Crippen molar-refractivity contribution in [1.29, 1.82) is 0 Å². The molecule has 0 unspecified atom stereocenters. The van der Waals surface area contributed by atoms with E-state index in [0.717, 1.165) is 18.1 Å². The van der Waals surface area contributed by atoms with Crippen molar-refractivity contribution in [3.05, 3.63) is 59.4 Å². The number of amides is 1. The molecule has 0 atom stereocenters. The molecule has 1 amide bonds. The molecule has 0 saturated heterocycles. The number of aliphatic imine (C=N–C) groups is 1. The Hall–Kier alpha value is -2.03. The van der Waals surface area contributed by atoms with Crippen molar-refractivity contribution in [1.82, 2.24) is 20.1 Å². The number of carbonyl (C=O) groups excluding carboxylic acids is 1. The standard InChI is InChI=1S/C19H27N5O.HI/c1-5-21-18(25)16-9-6-8-15(12-16)13-22-19(20-2)24(4)14-17-10-7-11-23(17)3;/h6-12H,5,13-14H2,1-4H3,(H,20,22)(H,21,25);1H. The number of halogens is 1. The Morgan fingerprint density at radius 1 is 1.23 bits per heavy atom. The van der Waals surface area contributed by atoms with Gasteiger partial charge in [0.2, 0.25) is 0 Å². The number of nitrogens with one attached hydrogen (secondary N) is 2. The van der Waals surface area contributed by atoms with Gasteiger partial charge in [-0.15, -0.1) is 24.0 Å². The summed E-state index contributed by atoms with van der Waals surface area (Å²) in [6, 6.07) is 11.8. The van der Waals surface area contributed by atoms with Gasteiger partial charge in [0.15, 0.2) is 5.96 Å². The average Bonchev–Trinajstić information content (AvgIpc) is 3.01. The molecule has 2 rings (SSSR count). The number of hydrogen-bond donors (Lipinski definition) is 2. The Morgan fingerprint density at radius 3 is 2.62 bits per heavy atom. The van der Waals surface area contributed by atoms with Crippen molar-refractivity contribution in [3.63, 3.8) is 0 Å². The van der Waals surface area contributed by atoms with Crippen LogP contribution in [0.1, 0.15) is 28.5 Å². The van der Waals surface area contributed by atoms with E-state index in [1.165, 1.54) is 5.69 Å². The number of aromatic nitrogens is 1. The summed E-state index contributed by atoms with van der Waals surface area (Å²) in [5.74, 6) is 0.763. The molecule has 0 radical (unpaired) electrons. The van der Waals surface area contributed by atoms with Crippen molar-refractivity contribution < 1.29 is 4.79 Å². The first-order chi connectivity index (χ1) is 12.0. The van der Waals surface area contributed by atoms with Gasteiger partial charge < -0.3 is 20.1 Å². The van der Waals surface area contributed by atoms with Crippen LogP contribution in [0.3, 0.4) is 0 Å². The van der Waals surface area contributed by atoms with E-state index < -0.39 is 0 Å². The van der Waals surface area contributed by atoms with Crippen LogP contribution in [0.4, 0.5) is 0 Å². The quantitative estimate of drug-likeness (QED) is 0.389. The molecule has 0 spiro atoms. The molecule has 0 aliphatic heterocycles. The van der Waals surface area contributed by atoms with Gasteiger partial charge in [0.1, 0.15) is 0 Å². The first-order valence-corrected chi connectivity index (χ1v) is 8.44. The van der Waals surface area contributed by atoms with E-state index in [2.05, 4.69) is 31.2 Å². The zero-order valence-corrected chi connectivity index (χ0v) is 18.2. The maximum atomic E-state index is 11.9. The van der Waals surface area contributed by atoms with Crippen molar-refractivity contribution in [2.45, 2.75) is 20.0 Å². The lowest BCUT2D eigenvalue weighted by Gasteiger charge is -2.22. The summed E-state index contributed by atoms with van der Waals surface area (Å²) < 4.78 is 2.10. The van der Waals surface area contributed by atoms with E-state index in [1.807, 2.05) is 57.5 Å². The fourth-order valence-electron chi connectivity index (χ4n) is 2.63. The molecule has 142 valence electrons. The molecule has 7 heteroatoms. The minimum atomic E-state index is -0.0467. The second kappa shape index (κ2) is 10.8. The predicted octanol–water partition coefficient (Wildman–Crippen LogP) is 2.60. The molecule has 1 heterocycles. The van der Waals surface area contributed by atoms with Crippen molar-refractivity contribution in [3.8, 4) is 0 Å². The summed E-state index contributed by atoms with van der Waals surface area (Å²) in [4.78, 5) is 18.4. The number of benzene rings is 1. The number of nitrogens with zero attached hydrogens (tertiary/aromatic N) is 3. The van der Waals surface area contributed by atoms with Crippen LogP contribution in [-0.2, 0) is 20.1 Å². The van der Waals surface area contributed by atoms with Crippen molar-refractivity contribution in [2.24, 2.45) is 12.0 Å². The van der Waals surface area contributed by atoms with E-state index in [9.17, 15) is 4.79 Å². The molecule has 0 aliphatic rings. The van der Waals surface area contributed by atoms with Crippen LogP contribution in [0.5, 0.6) is 0 Å². The van der Waals surface area contributed by atoms with Crippen LogP contribution >= 0.6 is 24.0 Å². The monoisotopic (exact) mass is 469 g/mol. The Labute approximate surface area is 172 Å². The van der Waals surface area contributed by atoms with Gasteiger partial charge in [0.25, 0.3) is 5.91 Å². The normalized spacial score (nSPS) is 10.8. The molecule has 1 aromatic carbocycles. The minimum Gasteiger partial charge on any atom is -0.353 e. The third-order valence-electron chi connectivity index (χ3n) is 4.00. The molecule has 0 saturated carbocycles. The third-order valence-corrected chi connectivity index (χ3v) is 4.00. The first-order valence-electron chi connectivity index (χ1n) is 8.44.